The van der Waals surface area contributed by atoms with Gasteiger partial charge in [-0.05, 0) is 38.6 Å². The SMILES string of the molecule is CSC1CCN(C(=O)CN2CCCNCC2)CC1. The van der Waals surface area contributed by atoms with Gasteiger partial charge in [-0.2, -0.15) is 11.8 Å². The molecule has 2 fully saturated rings. The van der Waals surface area contributed by atoms with Gasteiger partial charge in [0.1, 0.15) is 0 Å². The van der Waals surface area contributed by atoms with Crippen LogP contribution in [0, 0.1) is 0 Å². The lowest BCUT2D eigenvalue weighted by Crippen LogP contribution is -2.45. The average Bonchev–Trinajstić information content (AvgIpc) is 2.67. The third-order valence-electron chi connectivity index (χ3n) is 3.92. The van der Waals surface area contributed by atoms with Gasteiger partial charge in [0.25, 0.3) is 0 Å². The van der Waals surface area contributed by atoms with E-state index in [4.69, 9.17) is 0 Å². The third-order valence-corrected chi connectivity index (χ3v) is 5.06. The fourth-order valence-corrected chi connectivity index (χ4v) is 3.37. The molecule has 0 unspecified atom stereocenters. The van der Waals surface area contributed by atoms with Gasteiger partial charge in [0.2, 0.25) is 5.91 Å². The molecule has 0 spiro atoms. The van der Waals surface area contributed by atoms with E-state index in [1.165, 1.54) is 0 Å². The molecule has 1 amide bonds. The fraction of sp³-hybridized carbons (Fsp3) is 0.923. The zero-order valence-corrected chi connectivity index (χ0v) is 12.2. The van der Waals surface area contributed by atoms with Crippen LogP contribution in [0.25, 0.3) is 0 Å². The summed E-state index contributed by atoms with van der Waals surface area (Å²) >= 11 is 1.94. The van der Waals surface area contributed by atoms with Crippen LogP contribution in [0.1, 0.15) is 19.3 Å². The Labute approximate surface area is 114 Å². The normalized spacial score (nSPS) is 23.9. The minimum Gasteiger partial charge on any atom is -0.342 e. The lowest BCUT2D eigenvalue weighted by molar-refractivity contribution is -0.133. The smallest absolute Gasteiger partial charge is 0.236 e. The zero-order valence-electron chi connectivity index (χ0n) is 11.4. The van der Waals surface area contributed by atoms with E-state index in [0.717, 1.165) is 63.8 Å². The van der Waals surface area contributed by atoms with Gasteiger partial charge >= 0.3 is 0 Å². The molecule has 18 heavy (non-hydrogen) atoms. The summed E-state index contributed by atoms with van der Waals surface area (Å²) in [6.07, 6.45) is 5.65. The standard InChI is InChI=1S/C13H25N3OS/c1-18-12-3-8-16(9-4-12)13(17)11-15-7-2-5-14-6-10-15/h12,14H,2-11H2,1H3. The fourth-order valence-electron chi connectivity index (χ4n) is 2.69. The molecule has 0 aromatic carbocycles. The van der Waals surface area contributed by atoms with Crippen molar-refractivity contribution in [2.75, 3.05) is 52.1 Å². The van der Waals surface area contributed by atoms with Crippen molar-refractivity contribution in [3.63, 3.8) is 0 Å². The number of carbonyl (C=O) groups is 1. The van der Waals surface area contributed by atoms with Gasteiger partial charge in [-0.15, -0.1) is 0 Å². The molecular formula is C13H25N3OS. The number of hydrogen-bond acceptors (Lipinski definition) is 4. The summed E-state index contributed by atoms with van der Waals surface area (Å²) in [5.41, 5.74) is 0. The molecule has 4 nitrogen and oxygen atoms in total. The molecule has 1 N–H and O–H groups in total. The maximum Gasteiger partial charge on any atom is 0.236 e. The molecule has 2 heterocycles. The van der Waals surface area contributed by atoms with Crippen LogP contribution in [0.2, 0.25) is 0 Å². The van der Waals surface area contributed by atoms with E-state index in [9.17, 15) is 4.79 Å². The number of piperidine rings is 1. The van der Waals surface area contributed by atoms with Crippen molar-refractivity contribution in [1.29, 1.82) is 0 Å². The summed E-state index contributed by atoms with van der Waals surface area (Å²) in [5.74, 6) is 0.330. The highest BCUT2D eigenvalue weighted by molar-refractivity contribution is 7.99. The second-order valence-corrected chi connectivity index (χ2v) is 6.33. The molecule has 0 aromatic heterocycles. The van der Waals surface area contributed by atoms with E-state index in [1.807, 2.05) is 11.8 Å². The maximum absolute atomic E-state index is 12.2. The van der Waals surface area contributed by atoms with E-state index in [-0.39, 0.29) is 0 Å². The first-order valence-corrected chi connectivity index (χ1v) is 8.32. The van der Waals surface area contributed by atoms with E-state index >= 15 is 0 Å². The number of likely N-dealkylation sites (tertiary alicyclic amines) is 1. The number of nitrogens with zero attached hydrogens (tertiary/aromatic N) is 2. The van der Waals surface area contributed by atoms with Crippen LogP contribution in [-0.2, 0) is 4.79 Å². The zero-order chi connectivity index (χ0) is 12.8. The van der Waals surface area contributed by atoms with Crippen LogP contribution in [0.3, 0.4) is 0 Å². The van der Waals surface area contributed by atoms with E-state index in [1.54, 1.807) is 0 Å². The Morgan fingerprint density at radius 2 is 2.00 bits per heavy atom. The van der Waals surface area contributed by atoms with Crippen molar-refractivity contribution < 1.29 is 4.79 Å². The van der Waals surface area contributed by atoms with Crippen molar-refractivity contribution in [2.45, 2.75) is 24.5 Å². The van der Waals surface area contributed by atoms with Crippen molar-refractivity contribution >= 4 is 17.7 Å². The molecular weight excluding hydrogens is 246 g/mol. The molecule has 0 radical (unpaired) electrons. The molecule has 0 saturated carbocycles. The highest BCUT2D eigenvalue weighted by Gasteiger charge is 2.23. The van der Waals surface area contributed by atoms with Crippen LogP contribution in [-0.4, -0.2) is 73.0 Å². The van der Waals surface area contributed by atoms with E-state index in [2.05, 4.69) is 21.4 Å². The Hall–Kier alpha value is -0.260. The number of rotatable bonds is 3. The maximum atomic E-state index is 12.2. The number of thioether (sulfide) groups is 1. The van der Waals surface area contributed by atoms with Crippen molar-refractivity contribution in [2.24, 2.45) is 0 Å². The molecule has 2 aliphatic heterocycles. The Kier molecular flexibility index (Phi) is 5.79. The molecule has 5 heteroatoms. The van der Waals surface area contributed by atoms with E-state index < -0.39 is 0 Å². The Balaban J connectivity index is 1.74. The predicted octanol–water partition coefficient (Wildman–Crippen LogP) is 0.636. The van der Waals surface area contributed by atoms with Crippen LogP contribution in [0.4, 0.5) is 0 Å². The first-order valence-electron chi connectivity index (χ1n) is 7.03. The van der Waals surface area contributed by atoms with Crippen LogP contribution >= 0.6 is 11.8 Å². The van der Waals surface area contributed by atoms with Crippen LogP contribution in [0.5, 0.6) is 0 Å². The van der Waals surface area contributed by atoms with Gasteiger partial charge < -0.3 is 10.2 Å². The molecule has 0 aliphatic carbocycles. The quantitative estimate of drug-likeness (QED) is 0.817. The van der Waals surface area contributed by atoms with E-state index in [0.29, 0.717) is 12.5 Å². The predicted molar refractivity (Wildman–Crippen MR) is 77.0 cm³/mol. The number of carbonyl (C=O) groups excluding carboxylic acids is 1. The molecule has 2 rings (SSSR count). The molecule has 2 saturated heterocycles. The second-order valence-electron chi connectivity index (χ2n) is 5.20. The lowest BCUT2D eigenvalue weighted by Gasteiger charge is -2.32. The van der Waals surface area contributed by atoms with Crippen LogP contribution < -0.4 is 5.32 Å². The Bertz CT molecular complexity index is 259. The summed E-state index contributed by atoms with van der Waals surface area (Å²) in [7, 11) is 0. The third kappa shape index (κ3) is 4.14. The van der Waals surface area contributed by atoms with Gasteiger partial charge in [-0.25, -0.2) is 0 Å². The summed E-state index contributed by atoms with van der Waals surface area (Å²) in [4.78, 5) is 16.6. The molecule has 0 atom stereocenters. The minimum absolute atomic E-state index is 0.330. The van der Waals surface area contributed by atoms with Gasteiger partial charge in [0, 0.05) is 31.4 Å². The van der Waals surface area contributed by atoms with Gasteiger partial charge in [-0.3, -0.25) is 9.69 Å². The van der Waals surface area contributed by atoms with Gasteiger partial charge in [0.15, 0.2) is 0 Å². The topological polar surface area (TPSA) is 35.6 Å². The van der Waals surface area contributed by atoms with Crippen LogP contribution in [0.15, 0.2) is 0 Å². The van der Waals surface area contributed by atoms with Gasteiger partial charge in [0.05, 0.1) is 6.54 Å². The summed E-state index contributed by atoms with van der Waals surface area (Å²) in [6, 6.07) is 0. The highest BCUT2D eigenvalue weighted by Crippen LogP contribution is 2.20. The minimum atomic E-state index is 0.330. The van der Waals surface area contributed by atoms with Crippen molar-refractivity contribution in [3.05, 3.63) is 0 Å². The van der Waals surface area contributed by atoms with Gasteiger partial charge in [-0.1, -0.05) is 0 Å². The average molecular weight is 271 g/mol. The second kappa shape index (κ2) is 7.36. The first-order chi connectivity index (χ1) is 8.79. The molecule has 2 aliphatic rings. The molecule has 104 valence electrons. The molecule has 0 bridgehead atoms. The van der Waals surface area contributed by atoms with Crippen molar-refractivity contribution in [3.8, 4) is 0 Å². The summed E-state index contributed by atoms with van der Waals surface area (Å²) < 4.78 is 0. The van der Waals surface area contributed by atoms with Crippen molar-refractivity contribution in [1.82, 2.24) is 15.1 Å². The number of hydrogen-bond donors (Lipinski definition) is 1. The molecule has 0 aromatic rings. The lowest BCUT2D eigenvalue weighted by atomic mass is 10.1. The number of nitrogens with one attached hydrogen (secondary N) is 1. The number of amides is 1. The highest BCUT2D eigenvalue weighted by atomic mass is 32.2. The Morgan fingerprint density at radius 3 is 2.72 bits per heavy atom. The Morgan fingerprint density at radius 1 is 1.22 bits per heavy atom. The largest absolute Gasteiger partial charge is 0.342 e. The summed E-state index contributed by atoms with van der Waals surface area (Å²) in [5, 5.41) is 4.13. The summed E-state index contributed by atoms with van der Waals surface area (Å²) in [6.45, 7) is 6.69. The monoisotopic (exact) mass is 271 g/mol. The first kappa shape index (κ1) is 14.2.